The number of carbonyl (C=O) groups is 1. The van der Waals surface area contributed by atoms with Crippen LogP contribution >= 0.6 is 0 Å². The highest BCUT2D eigenvalue weighted by atomic mass is 16.5. The van der Waals surface area contributed by atoms with Gasteiger partial charge in [0.2, 0.25) is 0 Å². The Bertz CT molecular complexity index is 339. The molecule has 0 saturated heterocycles. The number of nitrogens with zero attached hydrogens (tertiary/aromatic N) is 3. The minimum absolute atomic E-state index is 0.163. The third kappa shape index (κ3) is 3.47. The molecular formula is C10H16N4O2. The first-order valence-electron chi connectivity index (χ1n) is 4.97. The zero-order valence-corrected chi connectivity index (χ0v) is 9.51. The number of hydrogen-bond acceptors (Lipinski definition) is 5. The normalized spacial score (nSPS) is 10.1. The predicted octanol–water partition coefficient (Wildman–Crippen LogP) is 0.167. The van der Waals surface area contributed by atoms with Gasteiger partial charge >= 0.3 is 0 Å². The summed E-state index contributed by atoms with van der Waals surface area (Å²) in [5.41, 5.74) is 5.69. The van der Waals surface area contributed by atoms with Crippen LogP contribution in [0.3, 0.4) is 0 Å². The van der Waals surface area contributed by atoms with Crippen LogP contribution in [0.25, 0.3) is 0 Å². The van der Waals surface area contributed by atoms with Crippen LogP contribution in [0, 0.1) is 0 Å². The summed E-state index contributed by atoms with van der Waals surface area (Å²) < 4.78 is 4.91. The summed E-state index contributed by atoms with van der Waals surface area (Å²) in [5.74, 6) is 0.141. The second-order valence-electron chi connectivity index (χ2n) is 3.40. The van der Waals surface area contributed by atoms with Crippen molar-refractivity contribution in [2.45, 2.75) is 6.42 Å². The van der Waals surface area contributed by atoms with Crippen molar-refractivity contribution in [3.63, 3.8) is 0 Å². The van der Waals surface area contributed by atoms with Crippen molar-refractivity contribution < 1.29 is 9.53 Å². The fourth-order valence-electron chi connectivity index (χ4n) is 1.19. The first-order valence-corrected chi connectivity index (χ1v) is 4.97. The third-order valence-corrected chi connectivity index (χ3v) is 2.08. The molecular weight excluding hydrogens is 208 g/mol. The van der Waals surface area contributed by atoms with Gasteiger partial charge in [0, 0.05) is 27.3 Å². The van der Waals surface area contributed by atoms with Crippen LogP contribution in [-0.2, 0) is 4.74 Å². The number of amides is 1. The molecule has 6 nitrogen and oxygen atoms in total. The van der Waals surface area contributed by atoms with E-state index in [4.69, 9.17) is 10.5 Å². The van der Waals surface area contributed by atoms with E-state index in [9.17, 15) is 4.79 Å². The number of anilines is 1. The zero-order valence-electron chi connectivity index (χ0n) is 9.51. The van der Waals surface area contributed by atoms with E-state index >= 15 is 0 Å². The molecule has 0 radical (unpaired) electrons. The Morgan fingerprint density at radius 2 is 2.25 bits per heavy atom. The van der Waals surface area contributed by atoms with Gasteiger partial charge < -0.3 is 15.4 Å². The zero-order chi connectivity index (χ0) is 12.0. The number of aromatic nitrogens is 2. The van der Waals surface area contributed by atoms with Crippen molar-refractivity contribution in [3.05, 3.63) is 18.1 Å². The van der Waals surface area contributed by atoms with Crippen LogP contribution in [0.2, 0.25) is 0 Å². The maximum Gasteiger partial charge on any atom is 0.273 e. The van der Waals surface area contributed by atoms with Gasteiger partial charge in [0.25, 0.3) is 5.91 Å². The Hall–Kier alpha value is -1.69. The summed E-state index contributed by atoms with van der Waals surface area (Å²) in [5, 5.41) is 0. The second kappa shape index (κ2) is 6.02. The summed E-state index contributed by atoms with van der Waals surface area (Å²) in [4.78, 5) is 21.1. The molecule has 0 aliphatic heterocycles. The molecule has 0 saturated carbocycles. The monoisotopic (exact) mass is 224 g/mol. The minimum Gasteiger partial charge on any atom is -0.385 e. The molecule has 1 heterocycles. The predicted molar refractivity (Wildman–Crippen MR) is 59.9 cm³/mol. The van der Waals surface area contributed by atoms with E-state index in [1.54, 1.807) is 19.1 Å². The molecule has 1 aromatic heterocycles. The Kier molecular flexibility index (Phi) is 4.65. The first kappa shape index (κ1) is 12.4. The molecule has 0 aliphatic rings. The van der Waals surface area contributed by atoms with Crippen LogP contribution in [0.1, 0.15) is 16.9 Å². The van der Waals surface area contributed by atoms with E-state index in [1.165, 1.54) is 12.4 Å². The van der Waals surface area contributed by atoms with E-state index in [0.717, 1.165) is 6.42 Å². The highest BCUT2D eigenvalue weighted by Gasteiger charge is 2.12. The van der Waals surface area contributed by atoms with Crippen molar-refractivity contribution in [1.29, 1.82) is 0 Å². The molecule has 16 heavy (non-hydrogen) atoms. The van der Waals surface area contributed by atoms with Crippen molar-refractivity contribution in [1.82, 2.24) is 14.9 Å². The number of ether oxygens (including phenoxy) is 1. The van der Waals surface area contributed by atoms with Gasteiger partial charge in [0.15, 0.2) is 0 Å². The lowest BCUT2D eigenvalue weighted by atomic mass is 10.3. The van der Waals surface area contributed by atoms with Crippen LogP contribution in [0.5, 0.6) is 0 Å². The van der Waals surface area contributed by atoms with Crippen LogP contribution < -0.4 is 5.73 Å². The number of nitrogen functional groups attached to an aromatic ring is 1. The molecule has 0 unspecified atom stereocenters. The van der Waals surface area contributed by atoms with Gasteiger partial charge in [-0.25, -0.2) is 9.97 Å². The van der Waals surface area contributed by atoms with E-state index in [-0.39, 0.29) is 5.91 Å². The largest absolute Gasteiger partial charge is 0.385 e. The van der Waals surface area contributed by atoms with Gasteiger partial charge in [-0.2, -0.15) is 0 Å². The summed E-state index contributed by atoms with van der Waals surface area (Å²) >= 11 is 0. The van der Waals surface area contributed by atoms with Gasteiger partial charge in [0.05, 0.1) is 12.4 Å². The standard InChI is InChI=1S/C10H16N4O2/c1-14(4-3-5-16-2)10(15)8-6-13-9(11)7-12-8/h6-7H,3-5H2,1-2H3,(H2,11,13). The fourth-order valence-corrected chi connectivity index (χ4v) is 1.19. The molecule has 1 aromatic rings. The molecule has 0 aliphatic carbocycles. The lowest BCUT2D eigenvalue weighted by molar-refractivity contribution is 0.0773. The van der Waals surface area contributed by atoms with Crippen molar-refractivity contribution >= 4 is 11.7 Å². The number of rotatable bonds is 5. The summed E-state index contributed by atoms with van der Waals surface area (Å²) in [7, 11) is 3.35. The van der Waals surface area contributed by atoms with Gasteiger partial charge in [0.1, 0.15) is 11.5 Å². The average molecular weight is 224 g/mol. The Morgan fingerprint density at radius 3 is 2.81 bits per heavy atom. The van der Waals surface area contributed by atoms with Gasteiger partial charge in [-0.3, -0.25) is 4.79 Å². The van der Waals surface area contributed by atoms with E-state index in [2.05, 4.69) is 9.97 Å². The molecule has 1 rings (SSSR count). The molecule has 0 bridgehead atoms. The van der Waals surface area contributed by atoms with Crippen molar-refractivity contribution in [3.8, 4) is 0 Å². The van der Waals surface area contributed by atoms with E-state index < -0.39 is 0 Å². The molecule has 1 amide bonds. The molecule has 0 aromatic carbocycles. The topological polar surface area (TPSA) is 81.3 Å². The molecule has 0 spiro atoms. The Labute approximate surface area is 94.4 Å². The quantitative estimate of drug-likeness (QED) is 0.721. The van der Waals surface area contributed by atoms with Crippen LogP contribution in [0.15, 0.2) is 12.4 Å². The molecule has 0 fully saturated rings. The maximum absolute atomic E-state index is 11.8. The summed E-state index contributed by atoms with van der Waals surface area (Å²) in [6.45, 7) is 1.25. The molecule has 88 valence electrons. The smallest absolute Gasteiger partial charge is 0.273 e. The molecule has 2 N–H and O–H groups in total. The summed E-state index contributed by atoms with van der Waals surface area (Å²) in [6.07, 6.45) is 3.54. The van der Waals surface area contributed by atoms with Gasteiger partial charge in [-0.15, -0.1) is 0 Å². The first-order chi connectivity index (χ1) is 7.65. The number of methoxy groups -OCH3 is 1. The minimum atomic E-state index is -0.163. The maximum atomic E-state index is 11.8. The highest BCUT2D eigenvalue weighted by Crippen LogP contribution is 2.01. The molecule has 6 heteroatoms. The number of hydrogen-bond donors (Lipinski definition) is 1. The van der Waals surface area contributed by atoms with Crippen LogP contribution in [0.4, 0.5) is 5.82 Å². The SMILES string of the molecule is COCCCN(C)C(=O)c1cnc(N)cn1. The van der Waals surface area contributed by atoms with Crippen molar-refractivity contribution in [2.75, 3.05) is 33.0 Å². The van der Waals surface area contributed by atoms with Gasteiger partial charge in [-0.05, 0) is 6.42 Å². The number of nitrogens with two attached hydrogens (primary N) is 1. The van der Waals surface area contributed by atoms with Crippen LogP contribution in [-0.4, -0.2) is 48.1 Å². The fraction of sp³-hybridized carbons (Fsp3) is 0.500. The Morgan fingerprint density at radius 1 is 1.50 bits per heavy atom. The van der Waals surface area contributed by atoms with Crippen molar-refractivity contribution in [2.24, 2.45) is 0 Å². The highest BCUT2D eigenvalue weighted by molar-refractivity contribution is 5.91. The van der Waals surface area contributed by atoms with E-state index in [0.29, 0.717) is 24.7 Å². The lowest BCUT2D eigenvalue weighted by Gasteiger charge is -2.15. The molecule has 0 atom stereocenters. The third-order valence-electron chi connectivity index (χ3n) is 2.08. The lowest BCUT2D eigenvalue weighted by Crippen LogP contribution is -2.29. The van der Waals surface area contributed by atoms with E-state index in [1.807, 2.05) is 0 Å². The Balaban J connectivity index is 2.53. The van der Waals surface area contributed by atoms with Gasteiger partial charge in [-0.1, -0.05) is 0 Å². The summed E-state index contributed by atoms with van der Waals surface area (Å²) in [6, 6.07) is 0. The number of carbonyl (C=O) groups excluding carboxylic acids is 1. The average Bonchev–Trinajstić information content (AvgIpc) is 2.29. The second-order valence-corrected chi connectivity index (χ2v) is 3.40.